The fourth-order valence-electron chi connectivity index (χ4n) is 4.52. The molecule has 9 nitrogen and oxygen atoms in total. The quantitative estimate of drug-likeness (QED) is 0.170. The summed E-state index contributed by atoms with van der Waals surface area (Å²) in [5.41, 5.74) is 9.29. The third-order valence-electron chi connectivity index (χ3n) is 6.77. The van der Waals surface area contributed by atoms with Crippen molar-refractivity contribution in [1.82, 2.24) is 4.90 Å². The maximum Gasteiger partial charge on any atom is 0.441 e. The molecule has 0 saturated heterocycles. The number of amides is 2. The Labute approximate surface area is 256 Å². The van der Waals surface area contributed by atoms with Crippen LogP contribution in [0.4, 0.5) is 9.18 Å². The van der Waals surface area contributed by atoms with E-state index in [1.807, 2.05) is 13.0 Å². The summed E-state index contributed by atoms with van der Waals surface area (Å²) in [7, 11) is -3.90. The normalized spacial score (nSPS) is 11.7. The molecule has 0 unspecified atom stereocenters. The standard InChI is InChI=1S/C33H33FN4O5S/c1-2-3-19-38(31(39)21-23-11-13-25(14-12-23)29-9-4-5-10-30(29)44(36,41)42)22-24-7-6-8-26(20-24)32(35)37-33(40)43-28-17-15-27(34)16-18-28/h4-18,20H,2-3,19,21-22H2,1H3,(H2,35,37,40)(H2,36,41,42). The highest BCUT2D eigenvalue weighted by Gasteiger charge is 2.17. The summed E-state index contributed by atoms with van der Waals surface area (Å²) in [5, 5.41) is 5.38. The van der Waals surface area contributed by atoms with Gasteiger partial charge in [-0.2, -0.15) is 4.99 Å². The van der Waals surface area contributed by atoms with Gasteiger partial charge in [0.1, 0.15) is 17.4 Å². The summed E-state index contributed by atoms with van der Waals surface area (Å²) in [5.74, 6) is -0.465. The van der Waals surface area contributed by atoms with Crippen molar-refractivity contribution in [2.24, 2.45) is 15.9 Å². The maximum absolute atomic E-state index is 13.4. The lowest BCUT2D eigenvalue weighted by Crippen LogP contribution is -2.33. The van der Waals surface area contributed by atoms with E-state index in [9.17, 15) is 22.4 Å². The van der Waals surface area contributed by atoms with Gasteiger partial charge in [-0.1, -0.05) is 74.0 Å². The molecule has 44 heavy (non-hydrogen) atoms. The minimum atomic E-state index is -3.90. The second-order valence-corrected chi connectivity index (χ2v) is 11.6. The molecule has 0 saturated carbocycles. The number of unbranched alkanes of at least 4 members (excludes halogenated alkanes) is 1. The molecule has 0 atom stereocenters. The molecule has 0 aromatic heterocycles. The molecular weight excluding hydrogens is 583 g/mol. The Kier molecular flexibility index (Phi) is 10.6. The van der Waals surface area contributed by atoms with Crippen molar-refractivity contribution in [3.63, 3.8) is 0 Å². The number of primary sulfonamides is 1. The summed E-state index contributed by atoms with van der Waals surface area (Å²) in [6.07, 6.45) is 0.920. The van der Waals surface area contributed by atoms with Crippen LogP contribution in [0.5, 0.6) is 5.75 Å². The van der Waals surface area contributed by atoms with Gasteiger partial charge in [0.2, 0.25) is 15.9 Å². The van der Waals surface area contributed by atoms with E-state index < -0.39 is 21.9 Å². The van der Waals surface area contributed by atoms with Gasteiger partial charge in [-0.15, -0.1) is 0 Å². The van der Waals surface area contributed by atoms with Crippen molar-refractivity contribution in [2.45, 2.75) is 37.6 Å². The Morgan fingerprint density at radius 2 is 1.61 bits per heavy atom. The van der Waals surface area contributed by atoms with Crippen molar-refractivity contribution >= 4 is 27.9 Å². The van der Waals surface area contributed by atoms with Crippen LogP contribution in [0.3, 0.4) is 0 Å². The van der Waals surface area contributed by atoms with Gasteiger partial charge in [-0.25, -0.2) is 22.7 Å². The first kappa shape index (κ1) is 32.1. The van der Waals surface area contributed by atoms with Crippen molar-refractivity contribution in [3.8, 4) is 16.9 Å². The molecule has 0 radical (unpaired) electrons. The van der Waals surface area contributed by atoms with E-state index in [1.54, 1.807) is 65.6 Å². The Hall–Kier alpha value is -4.87. The van der Waals surface area contributed by atoms with E-state index in [2.05, 4.69) is 4.99 Å². The van der Waals surface area contributed by atoms with Crippen LogP contribution in [0.15, 0.2) is 107 Å². The van der Waals surface area contributed by atoms with Crippen LogP contribution < -0.4 is 15.6 Å². The lowest BCUT2D eigenvalue weighted by Gasteiger charge is -2.23. The third kappa shape index (κ3) is 8.82. The first-order chi connectivity index (χ1) is 21.0. The molecule has 4 aromatic carbocycles. The number of hydrogen-bond acceptors (Lipinski definition) is 5. The first-order valence-electron chi connectivity index (χ1n) is 13.9. The van der Waals surface area contributed by atoms with Crippen LogP contribution in [0, 0.1) is 5.82 Å². The summed E-state index contributed by atoms with van der Waals surface area (Å²) in [4.78, 5) is 31.2. The first-order valence-corrected chi connectivity index (χ1v) is 15.5. The van der Waals surface area contributed by atoms with Gasteiger partial charge in [0.05, 0.1) is 11.3 Å². The molecule has 4 rings (SSSR count). The summed E-state index contributed by atoms with van der Waals surface area (Å²) in [6.45, 7) is 2.91. The van der Waals surface area contributed by atoms with Gasteiger partial charge in [0.15, 0.2) is 0 Å². The number of ether oxygens (including phenoxy) is 1. The number of carbonyl (C=O) groups is 2. The monoisotopic (exact) mass is 616 g/mol. The average Bonchev–Trinajstić information content (AvgIpc) is 3.00. The molecule has 228 valence electrons. The lowest BCUT2D eigenvalue weighted by molar-refractivity contribution is -0.131. The van der Waals surface area contributed by atoms with Gasteiger partial charge in [-0.3, -0.25) is 4.79 Å². The van der Waals surface area contributed by atoms with Gasteiger partial charge in [0, 0.05) is 24.2 Å². The Balaban J connectivity index is 1.45. The van der Waals surface area contributed by atoms with Crippen LogP contribution in [0.2, 0.25) is 0 Å². The molecule has 11 heteroatoms. The summed E-state index contributed by atoms with van der Waals surface area (Å²) >= 11 is 0. The van der Waals surface area contributed by atoms with Crippen molar-refractivity contribution in [3.05, 3.63) is 120 Å². The number of hydrogen-bond donors (Lipinski definition) is 2. The van der Waals surface area contributed by atoms with Gasteiger partial charge < -0.3 is 15.4 Å². The van der Waals surface area contributed by atoms with Crippen LogP contribution in [0.25, 0.3) is 11.1 Å². The fraction of sp³-hybridized carbons (Fsp3) is 0.182. The predicted octanol–water partition coefficient (Wildman–Crippen LogP) is 5.42. The zero-order valence-corrected chi connectivity index (χ0v) is 25.0. The number of nitrogens with two attached hydrogens (primary N) is 2. The Morgan fingerprint density at radius 1 is 0.909 bits per heavy atom. The van der Waals surface area contributed by atoms with Gasteiger partial charge >= 0.3 is 6.09 Å². The molecule has 0 aliphatic heterocycles. The van der Waals surface area contributed by atoms with Crippen molar-refractivity contribution < 1.29 is 27.1 Å². The summed E-state index contributed by atoms with van der Waals surface area (Å²) in [6, 6.07) is 25.7. The number of benzene rings is 4. The van der Waals surface area contributed by atoms with E-state index in [-0.39, 0.29) is 28.8 Å². The molecule has 0 bridgehead atoms. The van der Waals surface area contributed by atoms with E-state index >= 15 is 0 Å². The number of amidine groups is 1. The van der Waals surface area contributed by atoms with Crippen molar-refractivity contribution in [1.29, 1.82) is 0 Å². The maximum atomic E-state index is 13.4. The largest absolute Gasteiger partial charge is 0.441 e. The second-order valence-electron chi connectivity index (χ2n) is 10.1. The van der Waals surface area contributed by atoms with E-state index in [0.29, 0.717) is 29.8 Å². The zero-order chi connectivity index (χ0) is 31.7. The molecule has 0 heterocycles. The smallest absolute Gasteiger partial charge is 0.409 e. The van der Waals surface area contributed by atoms with E-state index in [4.69, 9.17) is 15.6 Å². The Morgan fingerprint density at radius 3 is 2.30 bits per heavy atom. The molecule has 0 aliphatic carbocycles. The average molecular weight is 617 g/mol. The highest BCUT2D eigenvalue weighted by Crippen LogP contribution is 2.27. The number of halogens is 1. The van der Waals surface area contributed by atoms with E-state index in [1.165, 1.54) is 18.2 Å². The molecule has 4 aromatic rings. The molecule has 0 spiro atoms. The number of rotatable bonds is 11. The van der Waals surface area contributed by atoms with Gasteiger partial charge in [-0.05, 0) is 59.5 Å². The second kappa shape index (κ2) is 14.5. The van der Waals surface area contributed by atoms with Crippen LogP contribution >= 0.6 is 0 Å². The predicted molar refractivity (Wildman–Crippen MR) is 167 cm³/mol. The van der Waals surface area contributed by atoms with Crippen LogP contribution in [0.1, 0.15) is 36.5 Å². The number of nitrogens with zero attached hydrogens (tertiary/aromatic N) is 2. The molecular formula is C33H33FN4O5S. The topological polar surface area (TPSA) is 145 Å². The third-order valence-corrected chi connectivity index (χ3v) is 7.74. The molecule has 4 N–H and O–H groups in total. The molecule has 0 fully saturated rings. The van der Waals surface area contributed by atoms with E-state index in [0.717, 1.165) is 36.1 Å². The number of aliphatic imine (C=N–C) groups is 1. The minimum Gasteiger partial charge on any atom is -0.409 e. The minimum absolute atomic E-state index is 0.0345. The van der Waals surface area contributed by atoms with Gasteiger partial charge in [0.25, 0.3) is 0 Å². The number of carbonyl (C=O) groups excluding carboxylic acids is 2. The van der Waals surface area contributed by atoms with Crippen LogP contribution in [-0.4, -0.2) is 37.7 Å². The molecule has 2 amide bonds. The van der Waals surface area contributed by atoms with Crippen LogP contribution in [-0.2, 0) is 27.8 Å². The van der Waals surface area contributed by atoms with Crippen molar-refractivity contribution in [2.75, 3.05) is 6.54 Å². The highest BCUT2D eigenvalue weighted by atomic mass is 32.2. The zero-order valence-electron chi connectivity index (χ0n) is 24.1. The Bertz CT molecular complexity index is 1760. The highest BCUT2D eigenvalue weighted by molar-refractivity contribution is 7.89. The molecule has 0 aliphatic rings. The fourth-order valence-corrected chi connectivity index (χ4v) is 5.28. The SMILES string of the molecule is CCCCN(Cc1cccc(C(N)=NC(=O)Oc2ccc(F)cc2)c1)C(=O)Cc1ccc(-c2ccccc2S(N)(=O)=O)cc1. The summed E-state index contributed by atoms with van der Waals surface area (Å²) < 4.78 is 42.2. The number of sulfonamides is 1. The lowest BCUT2D eigenvalue weighted by atomic mass is 10.0.